The third-order valence-corrected chi connectivity index (χ3v) is 5.97. The van der Waals surface area contributed by atoms with E-state index in [0.29, 0.717) is 0 Å². The van der Waals surface area contributed by atoms with Gasteiger partial charge in [0.25, 0.3) is 0 Å². The summed E-state index contributed by atoms with van der Waals surface area (Å²) in [4.78, 5) is 12.2. The lowest BCUT2D eigenvalue weighted by Crippen LogP contribution is -2.52. The van der Waals surface area contributed by atoms with Gasteiger partial charge >= 0.3 is 0 Å². The van der Waals surface area contributed by atoms with Gasteiger partial charge in [-0.05, 0) is 64.4 Å². The molecule has 0 aromatic heterocycles. The minimum Gasteiger partial charge on any atom is -0.497 e. The van der Waals surface area contributed by atoms with Crippen LogP contribution in [0.5, 0.6) is 5.75 Å². The highest BCUT2D eigenvalue weighted by Crippen LogP contribution is 2.22. The number of benzene rings is 1. The van der Waals surface area contributed by atoms with Crippen molar-refractivity contribution in [1.82, 2.24) is 15.1 Å². The molecule has 1 N–H and O–H groups in total. The van der Waals surface area contributed by atoms with Gasteiger partial charge in [0, 0.05) is 51.0 Å². The lowest BCUT2D eigenvalue weighted by atomic mass is 9.94. The second-order valence-corrected chi connectivity index (χ2v) is 7.95. The average Bonchev–Trinajstić information content (AvgIpc) is 2.75. The van der Waals surface area contributed by atoms with E-state index in [2.05, 4.69) is 52.2 Å². The van der Waals surface area contributed by atoms with E-state index in [0.717, 1.165) is 56.9 Å². The Morgan fingerprint density at radius 3 is 2.52 bits per heavy atom. The summed E-state index contributed by atoms with van der Waals surface area (Å²) in [5.74, 6) is 2.84. The van der Waals surface area contributed by atoms with Crippen LogP contribution >= 0.6 is 24.0 Å². The molecule has 0 aliphatic carbocycles. The van der Waals surface area contributed by atoms with E-state index < -0.39 is 0 Å². The minimum atomic E-state index is 0. The molecular formula is C22H38IN5O. The van der Waals surface area contributed by atoms with Gasteiger partial charge in [-0.3, -0.25) is 4.99 Å². The molecule has 0 unspecified atom stereocenters. The van der Waals surface area contributed by atoms with Crippen molar-refractivity contribution in [2.24, 2.45) is 10.9 Å². The fourth-order valence-corrected chi connectivity index (χ4v) is 4.11. The largest absolute Gasteiger partial charge is 0.497 e. The summed E-state index contributed by atoms with van der Waals surface area (Å²) in [6, 6.07) is 8.35. The van der Waals surface area contributed by atoms with E-state index >= 15 is 0 Å². The smallest absolute Gasteiger partial charge is 0.194 e. The third-order valence-electron chi connectivity index (χ3n) is 5.97. The van der Waals surface area contributed by atoms with E-state index in [9.17, 15) is 0 Å². The molecule has 0 radical (unpaired) electrons. The lowest BCUT2D eigenvalue weighted by molar-refractivity contribution is 0.214. The normalized spacial score (nSPS) is 19.1. The number of hydrogen-bond acceptors (Lipinski definition) is 4. The van der Waals surface area contributed by atoms with Gasteiger partial charge in [0.2, 0.25) is 0 Å². The van der Waals surface area contributed by atoms with Gasteiger partial charge in [-0.15, -0.1) is 24.0 Å². The maximum atomic E-state index is 5.37. The van der Waals surface area contributed by atoms with E-state index in [1.165, 1.54) is 38.0 Å². The fraction of sp³-hybridized carbons (Fsp3) is 0.682. The molecule has 3 rings (SSSR count). The number of piperidine rings is 1. The molecule has 2 heterocycles. The van der Waals surface area contributed by atoms with Crippen molar-refractivity contribution in [3.05, 3.63) is 24.3 Å². The first-order valence-corrected chi connectivity index (χ1v) is 10.8. The first kappa shape index (κ1) is 24.1. The number of aliphatic imine (C=N–C) groups is 1. The minimum absolute atomic E-state index is 0. The molecule has 29 heavy (non-hydrogen) atoms. The van der Waals surface area contributed by atoms with E-state index in [1.54, 1.807) is 7.11 Å². The topological polar surface area (TPSA) is 43.3 Å². The molecule has 2 aliphatic rings. The number of methoxy groups -OCH3 is 1. The number of hydrogen-bond donors (Lipinski definition) is 1. The van der Waals surface area contributed by atoms with Gasteiger partial charge in [0.15, 0.2) is 5.96 Å². The van der Waals surface area contributed by atoms with Gasteiger partial charge in [-0.1, -0.05) is 6.07 Å². The SMILES string of the molecule is CCNC(=NCCC1CCN(C)CC1)N1CCN(c2cccc(OC)c2)CC1.I. The van der Waals surface area contributed by atoms with Gasteiger partial charge in [-0.2, -0.15) is 0 Å². The molecule has 1 aromatic rings. The molecule has 7 heteroatoms. The van der Waals surface area contributed by atoms with Crippen LogP contribution in [0.25, 0.3) is 0 Å². The molecule has 0 atom stereocenters. The second-order valence-electron chi connectivity index (χ2n) is 7.95. The Bertz CT molecular complexity index is 625. The summed E-state index contributed by atoms with van der Waals surface area (Å²) < 4.78 is 5.37. The van der Waals surface area contributed by atoms with E-state index in [4.69, 9.17) is 9.73 Å². The summed E-state index contributed by atoms with van der Waals surface area (Å²) in [6.07, 6.45) is 3.86. The molecule has 164 valence electrons. The van der Waals surface area contributed by atoms with Gasteiger partial charge < -0.3 is 24.8 Å². The quantitative estimate of drug-likeness (QED) is 0.359. The average molecular weight is 515 g/mol. The van der Waals surface area contributed by atoms with Crippen molar-refractivity contribution in [2.75, 3.05) is 71.4 Å². The number of halogens is 1. The number of nitrogens with one attached hydrogen (secondary N) is 1. The Morgan fingerprint density at radius 1 is 1.14 bits per heavy atom. The molecule has 0 bridgehead atoms. The molecule has 2 fully saturated rings. The van der Waals surface area contributed by atoms with Crippen LogP contribution in [-0.4, -0.2) is 82.3 Å². The predicted molar refractivity (Wildman–Crippen MR) is 133 cm³/mol. The van der Waals surface area contributed by atoms with Crippen LogP contribution in [0.1, 0.15) is 26.2 Å². The Morgan fingerprint density at radius 2 is 1.86 bits per heavy atom. The zero-order valence-corrected chi connectivity index (χ0v) is 20.6. The highest BCUT2D eigenvalue weighted by molar-refractivity contribution is 14.0. The van der Waals surface area contributed by atoms with Gasteiger partial charge in [0.05, 0.1) is 7.11 Å². The van der Waals surface area contributed by atoms with Crippen LogP contribution in [-0.2, 0) is 0 Å². The Kier molecular flexibility index (Phi) is 10.3. The van der Waals surface area contributed by atoms with Crippen molar-refractivity contribution >= 4 is 35.6 Å². The number of guanidine groups is 1. The summed E-state index contributed by atoms with van der Waals surface area (Å²) in [5, 5.41) is 3.50. The molecular weight excluding hydrogens is 477 g/mol. The van der Waals surface area contributed by atoms with Crippen LogP contribution in [0.2, 0.25) is 0 Å². The third kappa shape index (κ3) is 7.20. The molecule has 0 spiro atoms. The predicted octanol–water partition coefficient (Wildman–Crippen LogP) is 3.13. The van der Waals surface area contributed by atoms with Crippen LogP contribution in [0, 0.1) is 5.92 Å². The summed E-state index contributed by atoms with van der Waals surface area (Å²) in [6.45, 7) is 10.5. The first-order valence-electron chi connectivity index (χ1n) is 10.8. The van der Waals surface area contributed by atoms with Crippen LogP contribution in [0.3, 0.4) is 0 Å². The monoisotopic (exact) mass is 515 g/mol. The number of ether oxygens (including phenoxy) is 1. The summed E-state index contributed by atoms with van der Waals surface area (Å²) in [7, 11) is 3.95. The zero-order valence-electron chi connectivity index (χ0n) is 18.3. The van der Waals surface area contributed by atoms with Crippen molar-refractivity contribution in [1.29, 1.82) is 0 Å². The maximum absolute atomic E-state index is 5.37. The first-order chi connectivity index (χ1) is 13.7. The molecule has 1 aromatic carbocycles. The van der Waals surface area contributed by atoms with E-state index in [-0.39, 0.29) is 24.0 Å². The fourth-order valence-electron chi connectivity index (χ4n) is 4.11. The van der Waals surface area contributed by atoms with Crippen molar-refractivity contribution in [2.45, 2.75) is 26.2 Å². The van der Waals surface area contributed by atoms with Gasteiger partial charge in [0.1, 0.15) is 5.75 Å². The zero-order chi connectivity index (χ0) is 19.8. The van der Waals surface area contributed by atoms with Crippen LogP contribution < -0.4 is 15.0 Å². The maximum Gasteiger partial charge on any atom is 0.194 e. The molecule has 2 aliphatic heterocycles. The van der Waals surface area contributed by atoms with Crippen molar-refractivity contribution in [3.8, 4) is 5.75 Å². The Hall–Kier alpha value is -1.22. The van der Waals surface area contributed by atoms with Crippen molar-refractivity contribution in [3.63, 3.8) is 0 Å². The molecule has 2 saturated heterocycles. The van der Waals surface area contributed by atoms with Crippen LogP contribution in [0.4, 0.5) is 5.69 Å². The van der Waals surface area contributed by atoms with Crippen LogP contribution in [0.15, 0.2) is 29.3 Å². The highest BCUT2D eigenvalue weighted by atomic mass is 127. The van der Waals surface area contributed by atoms with E-state index in [1.807, 2.05) is 6.07 Å². The summed E-state index contributed by atoms with van der Waals surface area (Å²) >= 11 is 0. The number of anilines is 1. The highest BCUT2D eigenvalue weighted by Gasteiger charge is 2.21. The number of piperazine rings is 1. The standard InChI is InChI=1S/C22H37N5O.HI/c1-4-23-22(24-11-8-19-9-12-25(2)13-10-19)27-16-14-26(15-17-27)20-6-5-7-21(18-20)28-3;/h5-7,18-19H,4,8-17H2,1-3H3,(H,23,24);1H. The lowest BCUT2D eigenvalue weighted by Gasteiger charge is -2.38. The summed E-state index contributed by atoms with van der Waals surface area (Å²) in [5.41, 5.74) is 1.24. The molecule has 0 saturated carbocycles. The Labute approximate surface area is 193 Å². The number of likely N-dealkylation sites (tertiary alicyclic amines) is 1. The Balaban J connectivity index is 0.00000300. The molecule has 0 amide bonds. The number of rotatable bonds is 6. The molecule has 6 nitrogen and oxygen atoms in total. The second kappa shape index (κ2) is 12.5. The van der Waals surface area contributed by atoms with Crippen molar-refractivity contribution < 1.29 is 4.74 Å². The number of nitrogens with zero attached hydrogens (tertiary/aromatic N) is 4. The van der Waals surface area contributed by atoms with Gasteiger partial charge in [-0.25, -0.2) is 0 Å².